The van der Waals surface area contributed by atoms with Crippen LogP contribution in [0.15, 0.2) is 24.3 Å². The second-order valence-electron chi connectivity index (χ2n) is 6.05. The zero-order chi connectivity index (χ0) is 16.3. The summed E-state index contributed by atoms with van der Waals surface area (Å²) in [5, 5.41) is 3.71. The molecule has 0 aliphatic rings. The summed E-state index contributed by atoms with van der Waals surface area (Å²) in [5.41, 5.74) is 5.17. The molecule has 1 aromatic carbocycles. The van der Waals surface area contributed by atoms with E-state index in [-0.39, 0.29) is 11.8 Å². The van der Waals surface area contributed by atoms with Gasteiger partial charge >= 0.3 is 0 Å². The minimum Gasteiger partial charge on any atom is -0.350 e. The molecule has 2 aromatic rings. The van der Waals surface area contributed by atoms with Gasteiger partial charge in [-0.15, -0.1) is 0 Å². The normalized spacial score (nSPS) is 12.7. The van der Waals surface area contributed by atoms with Gasteiger partial charge in [0.1, 0.15) is 6.04 Å². The van der Waals surface area contributed by atoms with Gasteiger partial charge in [0.05, 0.1) is 10.2 Å². The maximum atomic E-state index is 12.0. The van der Waals surface area contributed by atoms with E-state index in [4.69, 9.17) is 0 Å². The average Bonchev–Trinajstić information content (AvgIpc) is 2.85. The van der Waals surface area contributed by atoms with Crippen LogP contribution < -0.4 is 16.2 Å². The molecule has 0 unspecified atom stereocenters. The Balaban J connectivity index is 1.92. The number of carbonyl (C=O) groups excluding carboxylic acids is 2. The summed E-state index contributed by atoms with van der Waals surface area (Å²) in [7, 11) is 0. The number of nitrogens with zero attached hydrogens (tertiary/aromatic N) is 1. The van der Waals surface area contributed by atoms with Crippen molar-refractivity contribution in [3.8, 4) is 0 Å². The highest BCUT2D eigenvalue weighted by molar-refractivity contribution is 7.22. The van der Waals surface area contributed by atoms with E-state index in [1.54, 1.807) is 27.7 Å². The molecule has 2 rings (SSSR count). The maximum absolute atomic E-state index is 12.0. The topological polar surface area (TPSA) is 83.1 Å². The van der Waals surface area contributed by atoms with Crippen LogP contribution >= 0.6 is 11.3 Å². The fourth-order valence-corrected chi connectivity index (χ4v) is 2.55. The summed E-state index contributed by atoms with van der Waals surface area (Å²) in [6.07, 6.45) is 0. The molecule has 0 fully saturated rings. The lowest BCUT2D eigenvalue weighted by molar-refractivity contribution is -0.133. The Morgan fingerprint density at radius 3 is 2.50 bits per heavy atom. The average molecular weight is 320 g/mol. The van der Waals surface area contributed by atoms with E-state index < -0.39 is 11.5 Å². The SMILES string of the molecule is C[C@@H](Nc1nc2ccccc2s1)C(=O)NNC(=O)C(C)(C)C. The molecular formula is C15H20N4O2S. The van der Waals surface area contributed by atoms with Crippen molar-refractivity contribution in [1.29, 1.82) is 0 Å². The molecule has 0 spiro atoms. The first kappa shape index (κ1) is 16.2. The van der Waals surface area contributed by atoms with Gasteiger partial charge in [0, 0.05) is 5.41 Å². The Labute approximate surface area is 133 Å². The van der Waals surface area contributed by atoms with E-state index in [9.17, 15) is 9.59 Å². The van der Waals surface area contributed by atoms with Gasteiger partial charge in [0.2, 0.25) is 5.91 Å². The zero-order valence-electron chi connectivity index (χ0n) is 13.1. The van der Waals surface area contributed by atoms with Crippen molar-refractivity contribution in [1.82, 2.24) is 15.8 Å². The fraction of sp³-hybridized carbons (Fsp3) is 0.400. The van der Waals surface area contributed by atoms with Crippen LogP contribution in [0.5, 0.6) is 0 Å². The summed E-state index contributed by atoms with van der Waals surface area (Å²) in [6, 6.07) is 7.25. The van der Waals surface area contributed by atoms with Crippen molar-refractivity contribution in [2.45, 2.75) is 33.7 Å². The Bertz CT molecular complexity index is 657. The summed E-state index contributed by atoms with van der Waals surface area (Å²) in [5.74, 6) is -0.565. The van der Waals surface area contributed by atoms with Crippen LogP contribution in [-0.4, -0.2) is 22.8 Å². The Morgan fingerprint density at radius 2 is 1.86 bits per heavy atom. The molecule has 6 nitrogen and oxygen atoms in total. The molecule has 22 heavy (non-hydrogen) atoms. The summed E-state index contributed by atoms with van der Waals surface area (Å²) in [4.78, 5) is 28.1. The molecule has 3 N–H and O–H groups in total. The number of anilines is 1. The van der Waals surface area contributed by atoms with Crippen molar-refractivity contribution >= 4 is 38.5 Å². The first-order chi connectivity index (χ1) is 10.3. The van der Waals surface area contributed by atoms with E-state index >= 15 is 0 Å². The monoisotopic (exact) mass is 320 g/mol. The first-order valence-corrected chi connectivity index (χ1v) is 7.81. The number of benzene rings is 1. The molecule has 118 valence electrons. The van der Waals surface area contributed by atoms with Crippen molar-refractivity contribution in [2.75, 3.05) is 5.32 Å². The quantitative estimate of drug-likeness (QED) is 0.758. The van der Waals surface area contributed by atoms with Crippen molar-refractivity contribution < 1.29 is 9.59 Å². The van der Waals surface area contributed by atoms with Crippen LogP contribution in [0.1, 0.15) is 27.7 Å². The minimum atomic E-state index is -0.559. The van der Waals surface area contributed by atoms with E-state index in [0.29, 0.717) is 5.13 Å². The molecule has 0 aliphatic carbocycles. The molecule has 2 amide bonds. The molecule has 0 radical (unpaired) electrons. The first-order valence-electron chi connectivity index (χ1n) is 7.00. The van der Waals surface area contributed by atoms with Gasteiger partial charge in [0.25, 0.3) is 5.91 Å². The number of rotatable bonds is 3. The number of aromatic nitrogens is 1. The van der Waals surface area contributed by atoms with Gasteiger partial charge in [-0.3, -0.25) is 20.4 Å². The number of thiazole rings is 1. The van der Waals surface area contributed by atoms with E-state index in [0.717, 1.165) is 10.2 Å². The number of carbonyl (C=O) groups is 2. The number of fused-ring (bicyclic) bond motifs is 1. The Morgan fingerprint density at radius 1 is 1.18 bits per heavy atom. The predicted molar refractivity (Wildman–Crippen MR) is 88.4 cm³/mol. The van der Waals surface area contributed by atoms with Crippen LogP contribution in [0.2, 0.25) is 0 Å². The standard InChI is InChI=1S/C15H20N4O2S/c1-9(12(20)18-19-13(21)15(2,3)4)16-14-17-10-7-5-6-8-11(10)22-14/h5-9H,1-4H3,(H,16,17)(H,18,20)(H,19,21)/t9-/m1/s1. The maximum Gasteiger partial charge on any atom is 0.260 e. The van der Waals surface area contributed by atoms with Crippen LogP contribution in [0.25, 0.3) is 10.2 Å². The Kier molecular flexibility index (Phi) is 4.65. The molecule has 1 aromatic heterocycles. The van der Waals surface area contributed by atoms with E-state index in [1.807, 2.05) is 24.3 Å². The van der Waals surface area contributed by atoms with Gasteiger partial charge in [0.15, 0.2) is 5.13 Å². The molecule has 0 saturated carbocycles. The molecular weight excluding hydrogens is 300 g/mol. The highest BCUT2D eigenvalue weighted by Crippen LogP contribution is 2.25. The molecule has 1 atom stereocenters. The summed E-state index contributed by atoms with van der Waals surface area (Å²) >= 11 is 1.48. The van der Waals surface area contributed by atoms with Crippen LogP contribution in [0.4, 0.5) is 5.13 Å². The Hall–Kier alpha value is -2.15. The third-order valence-electron chi connectivity index (χ3n) is 3.01. The lowest BCUT2D eigenvalue weighted by Gasteiger charge is -2.19. The number of hydrazine groups is 1. The second kappa shape index (κ2) is 6.31. The third kappa shape index (κ3) is 3.94. The number of nitrogens with one attached hydrogen (secondary N) is 3. The lowest BCUT2D eigenvalue weighted by Crippen LogP contribution is -2.50. The predicted octanol–water partition coefficient (Wildman–Crippen LogP) is 2.29. The van der Waals surface area contributed by atoms with E-state index in [1.165, 1.54) is 11.3 Å². The summed E-state index contributed by atoms with van der Waals surface area (Å²) in [6.45, 7) is 7.04. The fourth-order valence-electron chi connectivity index (χ4n) is 1.60. The highest BCUT2D eigenvalue weighted by Gasteiger charge is 2.22. The number of hydrogen-bond acceptors (Lipinski definition) is 5. The van der Waals surface area contributed by atoms with Crippen LogP contribution in [0.3, 0.4) is 0 Å². The van der Waals surface area contributed by atoms with Gasteiger partial charge in [-0.25, -0.2) is 4.98 Å². The van der Waals surface area contributed by atoms with E-state index in [2.05, 4.69) is 21.2 Å². The van der Waals surface area contributed by atoms with Crippen molar-refractivity contribution in [3.63, 3.8) is 0 Å². The van der Waals surface area contributed by atoms with Crippen LogP contribution in [0, 0.1) is 5.41 Å². The molecule has 1 heterocycles. The van der Waals surface area contributed by atoms with Crippen LogP contribution in [-0.2, 0) is 9.59 Å². The third-order valence-corrected chi connectivity index (χ3v) is 3.98. The number of para-hydroxylation sites is 1. The van der Waals surface area contributed by atoms with Gasteiger partial charge in [-0.2, -0.15) is 0 Å². The number of amides is 2. The molecule has 0 aliphatic heterocycles. The second-order valence-corrected chi connectivity index (χ2v) is 7.08. The van der Waals surface area contributed by atoms with Gasteiger partial charge in [-0.1, -0.05) is 44.2 Å². The summed E-state index contributed by atoms with van der Waals surface area (Å²) < 4.78 is 1.05. The molecule has 0 bridgehead atoms. The van der Waals surface area contributed by atoms with Crippen molar-refractivity contribution in [2.24, 2.45) is 5.41 Å². The van der Waals surface area contributed by atoms with Crippen molar-refractivity contribution in [3.05, 3.63) is 24.3 Å². The highest BCUT2D eigenvalue weighted by atomic mass is 32.1. The minimum absolute atomic E-state index is 0.243. The van der Waals surface area contributed by atoms with Gasteiger partial charge < -0.3 is 5.32 Å². The molecule has 7 heteroatoms. The number of hydrogen-bond donors (Lipinski definition) is 3. The molecule has 0 saturated heterocycles. The van der Waals surface area contributed by atoms with Gasteiger partial charge in [-0.05, 0) is 19.1 Å². The largest absolute Gasteiger partial charge is 0.350 e. The smallest absolute Gasteiger partial charge is 0.260 e. The lowest BCUT2D eigenvalue weighted by atomic mass is 9.96. The zero-order valence-corrected chi connectivity index (χ0v) is 13.9.